The molecule has 0 radical (unpaired) electrons. The predicted molar refractivity (Wildman–Crippen MR) is 65.1 cm³/mol. The molecular weight excluding hydrogens is 219 g/mol. The largest absolute Gasteiger partial charge is 0.398 e. The third-order valence-electron chi connectivity index (χ3n) is 3.29. The summed E-state index contributed by atoms with van der Waals surface area (Å²) in [6.07, 6.45) is 0.987. The maximum Gasteiger partial charge on any atom is 0.256 e. The summed E-state index contributed by atoms with van der Waals surface area (Å²) in [6.45, 7) is 4.84. The van der Waals surface area contributed by atoms with Gasteiger partial charge in [0.1, 0.15) is 5.82 Å². The zero-order chi connectivity index (χ0) is 12.6. The topological polar surface area (TPSA) is 46.3 Å². The Hall–Kier alpha value is -1.58. The highest BCUT2D eigenvalue weighted by atomic mass is 19.1. The fourth-order valence-corrected chi connectivity index (χ4v) is 2.45. The van der Waals surface area contributed by atoms with Crippen molar-refractivity contribution in [3.05, 3.63) is 29.6 Å². The molecule has 2 unspecified atom stereocenters. The SMILES string of the molecule is CC1CC(C)N(C(=O)c2cc(F)ccc2N)C1. The summed E-state index contributed by atoms with van der Waals surface area (Å²) in [7, 11) is 0. The lowest BCUT2D eigenvalue weighted by atomic mass is 10.1. The third kappa shape index (κ3) is 2.25. The van der Waals surface area contributed by atoms with E-state index in [1.807, 2.05) is 6.92 Å². The summed E-state index contributed by atoms with van der Waals surface area (Å²) in [4.78, 5) is 14.0. The lowest BCUT2D eigenvalue weighted by molar-refractivity contribution is 0.0744. The van der Waals surface area contributed by atoms with Crippen LogP contribution in [-0.4, -0.2) is 23.4 Å². The van der Waals surface area contributed by atoms with Crippen molar-refractivity contribution in [2.45, 2.75) is 26.3 Å². The first-order valence-electron chi connectivity index (χ1n) is 5.85. The molecule has 1 fully saturated rings. The average molecular weight is 236 g/mol. The number of rotatable bonds is 1. The first kappa shape index (κ1) is 11.9. The maximum atomic E-state index is 13.1. The average Bonchev–Trinajstić information content (AvgIpc) is 2.60. The number of hydrogen-bond acceptors (Lipinski definition) is 2. The molecule has 1 aromatic carbocycles. The van der Waals surface area contributed by atoms with Gasteiger partial charge in [-0.05, 0) is 37.5 Å². The van der Waals surface area contributed by atoms with Gasteiger partial charge in [-0.25, -0.2) is 4.39 Å². The van der Waals surface area contributed by atoms with Crippen LogP contribution in [0.2, 0.25) is 0 Å². The zero-order valence-electron chi connectivity index (χ0n) is 10.1. The Bertz CT molecular complexity index is 447. The zero-order valence-corrected chi connectivity index (χ0v) is 10.1. The van der Waals surface area contributed by atoms with Gasteiger partial charge in [0.25, 0.3) is 5.91 Å². The number of benzene rings is 1. The second-order valence-electron chi connectivity index (χ2n) is 4.88. The maximum absolute atomic E-state index is 13.1. The van der Waals surface area contributed by atoms with Crippen molar-refractivity contribution in [3.63, 3.8) is 0 Å². The number of anilines is 1. The molecule has 0 aromatic heterocycles. The highest BCUT2D eigenvalue weighted by molar-refractivity contribution is 5.99. The number of likely N-dealkylation sites (tertiary alicyclic amines) is 1. The summed E-state index contributed by atoms with van der Waals surface area (Å²) in [5, 5.41) is 0. The predicted octanol–water partition coefficient (Wildman–Crippen LogP) is 2.28. The van der Waals surface area contributed by atoms with Crippen LogP contribution in [0.5, 0.6) is 0 Å². The quantitative estimate of drug-likeness (QED) is 0.760. The van der Waals surface area contributed by atoms with Gasteiger partial charge in [0.05, 0.1) is 5.56 Å². The molecule has 2 N–H and O–H groups in total. The third-order valence-corrected chi connectivity index (χ3v) is 3.29. The highest BCUT2D eigenvalue weighted by Crippen LogP contribution is 2.26. The molecule has 0 bridgehead atoms. The fraction of sp³-hybridized carbons (Fsp3) is 0.462. The number of carbonyl (C=O) groups excluding carboxylic acids is 1. The van der Waals surface area contributed by atoms with E-state index in [0.717, 1.165) is 13.0 Å². The van der Waals surface area contributed by atoms with Gasteiger partial charge < -0.3 is 10.6 Å². The molecule has 92 valence electrons. The number of nitrogen functional groups attached to an aromatic ring is 1. The smallest absolute Gasteiger partial charge is 0.256 e. The van der Waals surface area contributed by atoms with E-state index in [1.165, 1.54) is 18.2 Å². The minimum Gasteiger partial charge on any atom is -0.398 e. The molecule has 1 aliphatic heterocycles. The first-order valence-corrected chi connectivity index (χ1v) is 5.85. The lowest BCUT2D eigenvalue weighted by Gasteiger charge is -2.22. The van der Waals surface area contributed by atoms with Gasteiger partial charge in [0.15, 0.2) is 0 Å². The van der Waals surface area contributed by atoms with Crippen LogP contribution in [0.15, 0.2) is 18.2 Å². The van der Waals surface area contributed by atoms with Crippen molar-refractivity contribution in [2.24, 2.45) is 5.92 Å². The minimum absolute atomic E-state index is 0.168. The van der Waals surface area contributed by atoms with Crippen molar-refractivity contribution in [2.75, 3.05) is 12.3 Å². The molecule has 1 aliphatic rings. The molecule has 3 nitrogen and oxygen atoms in total. The standard InChI is InChI=1S/C13H17FN2O/c1-8-5-9(2)16(7-8)13(17)11-6-10(14)3-4-12(11)15/h3-4,6,8-9H,5,7,15H2,1-2H3. The van der Waals surface area contributed by atoms with E-state index in [4.69, 9.17) is 5.73 Å². The Balaban J connectivity index is 2.28. The van der Waals surface area contributed by atoms with E-state index in [1.54, 1.807) is 4.90 Å². The molecule has 4 heteroatoms. The van der Waals surface area contributed by atoms with E-state index in [9.17, 15) is 9.18 Å². The van der Waals surface area contributed by atoms with Crippen LogP contribution in [0.25, 0.3) is 0 Å². The summed E-state index contributed by atoms with van der Waals surface area (Å²) in [5.74, 6) is -0.106. The number of amides is 1. The highest BCUT2D eigenvalue weighted by Gasteiger charge is 2.31. The van der Waals surface area contributed by atoms with Crippen molar-refractivity contribution >= 4 is 11.6 Å². The Labute approximate surface area is 100 Å². The Morgan fingerprint density at radius 3 is 2.76 bits per heavy atom. The van der Waals surface area contributed by atoms with Crippen molar-refractivity contribution < 1.29 is 9.18 Å². The van der Waals surface area contributed by atoms with Gasteiger partial charge >= 0.3 is 0 Å². The van der Waals surface area contributed by atoms with Crippen LogP contribution in [0.3, 0.4) is 0 Å². The summed E-state index contributed by atoms with van der Waals surface area (Å²) < 4.78 is 13.1. The van der Waals surface area contributed by atoms with Gasteiger partial charge in [0.2, 0.25) is 0 Å². The second-order valence-corrected chi connectivity index (χ2v) is 4.88. The van der Waals surface area contributed by atoms with E-state index < -0.39 is 5.82 Å². The molecule has 2 atom stereocenters. The molecule has 0 spiro atoms. The molecule has 1 saturated heterocycles. The monoisotopic (exact) mass is 236 g/mol. The molecule has 17 heavy (non-hydrogen) atoms. The van der Waals surface area contributed by atoms with E-state index in [0.29, 0.717) is 11.6 Å². The van der Waals surface area contributed by atoms with Crippen LogP contribution < -0.4 is 5.73 Å². The molecular formula is C13H17FN2O. The van der Waals surface area contributed by atoms with E-state index in [2.05, 4.69) is 6.92 Å². The summed E-state index contributed by atoms with van der Waals surface area (Å²) >= 11 is 0. The van der Waals surface area contributed by atoms with Crippen LogP contribution >= 0.6 is 0 Å². The van der Waals surface area contributed by atoms with Gasteiger partial charge in [-0.2, -0.15) is 0 Å². The molecule has 0 aliphatic carbocycles. The molecule has 1 heterocycles. The van der Waals surface area contributed by atoms with Crippen LogP contribution in [0.1, 0.15) is 30.6 Å². The van der Waals surface area contributed by atoms with Gasteiger partial charge in [-0.15, -0.1) is 0 Å². The molecule has 0 saturated carbocycles. The van der Waals surface area contributed by atoms with Crippen LogP contribution in [-0.2, 0) is 0 Å². The summed E-state index contributed by atoms with van der Waals surface area (Å²) in [5.41, 5.74) is 6.33. The van der Waals surface area contributed by atoms with Gasteiger partial charge in [-0.3, -0.25) is 4.79 Å². The number of halogens is 1. The molecule has 1 aromatic rings. The summed E-state index contributed by atoms with van der Waals surface area (Å²) in [6, 6.07) is 4.11. The van der Waals surface area contributed by atoms with Gasteiger partial charge in [0, 0.05) is 18.3 Å². The number of nitrogens with zero attached hydrogens (tertiary/aromatic N) is 1. The minimum atomic E-state index is -0.428. The second kappa shape index (κ2) is 4.35. The van der Waals surface area contributed by atoms with Crippen LogP contribution in [0.4, 0.5) is 10.1 Å². The van der Waals surface area contributed by atoms with E-state index in [-0.39, 0.29) is 17.5 Å². The Morgan fingerprint density at radius 2 is 2.18 bits per heavy atom. The molecule has 2 rings (SSSR count). The fourth-order valence-electron chi connectivity index (χ4n) is 2.45. The number of hydrogen-bond donors (Lipinski definition) is 1. The van der Waals surface area contributed by atoms with Crippen molar-refractivity contribution in [1.29, 1.82) is 0 Å². The lowest BCUT2D eigenvalue weighted by Crippen LogP contribution is -2.34. The van der Waals surface area contributed by atoms with Crippen molar-refractivity contribution in [1.82, 2.24) is 4.90 Å². The van der Waals surface area contributed by atoms with Gasteiger partial charge in [-0.1, -0.05) is 6.92 Å². The number of nitrogens with two attached hydrogens (primary N) is 1. The molecule has 1 amide bonds. The van der Waals surface area contributed by atoms with Crippen LogP contribution in [0, 0.1) is 11.7 Å². The number of carbonyl (C=O) groups is 1. The van der Waals surface area contributed by atoms with E-state index >= 15 is 0 Å². The van der Waals surface area contributed by atoms with Crippen molar-refractivity contribution in [3.8, 4) is 0 Å². The Kier molecular flexibility index (Phi) is 3.05. The normalized spacial score (nSPS) is 24.1. The Morgan fingerprint density at radius 1 is 1.47 bits per heavy atom. The first-order chi connectivity index (χ1) is 7.99.